The van der Waals surface area contributed by atoms with Crippen LogP contribution in [0.3, 0.4) is 0 Å². The molecule has 3 heterocycles. The predicted molar refractivity (Wildman–Crippen MR) is 95.2 cm³/mol. The van der Waals surface area contributed by atoms with Gasteiger partial charge in [-0.25, -0.2) is 4.79 Å². The minimum Gasteiger partial charge on any atom is -0.457 e. The number of ether oxygens (including phenoxy) is 3. The molecule has 26 heavy (non-hydrogen) atoms. The molecule has 1 saturated carbocycles. The first-order valence-electron chi connectivity index (χ1n) is 9.65. The molecule has 5 nitrogen and oxygen atoms in total. The zero-order chi connectivity index (χ0) is 19.0. The van der Waals surface area contributed by atoms with Crippen LogP contribution in [0.2, 0.25) is 0 Å². The van der Waals surface area contributed by atoms with Gasteiger partial charge in [0.2, 0.25) is 0 Å². The standard InChI is InChI=1S/C21H28O5/c1-7-10(2)18(22)25-17-15-14-11(3)8-9-13-12(4)19(23)24-16(13)20(14,5)21(17,6)26-15/h10,13,15-17H,4,7-9H2,1-3,5-6H3/t10-,13+,15+,16-,17+,20+,21+/m1/s1. The summed E-state index contributed by atoms with van der Waals surface area (Å²) in [5.41, 5.74) is 1.80. The SMILES string of the molecule is C=C1C(=O)O[C@@H]2[C@H]1CCC(C)=C1[C@@H]3O[C@@](C)([C@H]3OC(=O)[C@H](C)CC)[C@@]12C. The Hall–Kier alpha value is -1.62. The molecule has 7 atom stereocenters. The largest absolute Gasteiger partial charge is 0.457 e. The van der Waals surface area contributed by atoms with Crippen LogP contribution in [0.1, 0.15) is 53.9 Å². The van der Waals surface area contributed by atoms with Crippen molar-refractivity contribution in [1.29, 1.82) is 0 Å². The molecule has 142 valence electrons. The van der Waals surface area contributed by atoms with E-state index in [2.05, 4.69) is 20.4 Å². The molecule has 0 radical (unpaired) electrons. The minimum absolute atomic E-state index is 0.00866. The van der Waals surface area contributed by atoms with E-state index in [0.29, 0.717) is 5.57 Å². The highest BCUT2D eigenvalue weighted by Crippen LogP contribution is 2.69. The smallest absolute Gasteiger partial charge is 0.334 e. The highest BCUT2D eigenvalue weighted by atomic mass is 16.6. The maximum Gasteiger partial charge on any atom is 0.334 e. The van der Waals surface area contributed by atoms with Gasteiger partial charge in [-0.2, -0.15) is 0 Å². The third kappa shape index (κ3) is 1.90. The number of esters is 2. The quantitative estimate of drug-likeness (QED) is 0.439. The van der Waals surface area contributed by atoms with E-state index in [1.807, 2.05) is 20.8 Å². The van der Waals surface area contributed by atoms with Crippen LogP contribution in [-0.4, -0.2) is 35.9 Å². The molecule has 4 fully saturated rings. The predicted octanol–water partition coefficient (Wildman–Crippen LogP) is 3.33. The molecular weight excluding hydrogens is 332 g/mol. The fraction of sp³-hybridized carbons (Fsp3) is 0.714. The van der Waals surface area contributed by atoms with Crippen LogP contribution in [0.4, 0.5) is 0 Å². The molecule has 0 unspecified atom stereocenters. The van der Waals surface area contributed by atoms with Gasteiger partial charge in [0.15, 0.2) is 6.10 Å². The molecule has 0 aromatic rings. The van der Waals surface area contributed by atoms with E-state index < -0.39 is 11.0 Å². The lowest BCUT2D eigenvalue weighted by atomic mass is 9.66. The lowest BCUT2D eigenvalue weighted by Crippen LogP contribution is -2.64. The molecule has 0 spiro atoms. The van der Waals surface area contributed by atoms with Crippen LogP contribution >= 0.6 is 0 Å². The summed E-state index contributed by atoms with van der Waals surface area (Å²) >= 11 is 0. The topological polar surface area (TPSA) is 61.8 Å². The van der Waals surface area contributed by atoms with Crippen LogP contribution in [0.5, 0.6) is 0 Å². The Morgan fingerprint density at radius 3 is 2.77 bits per heavy atom. The van der Waals surface area contributed by atoms with Gasteiger partial charge >= 0.3 is 11.9 Å². The molecule has 2 aliphatic carbocycles. The van der Waals surface area contributed by atoms with E-state index in [-0.39, 0.29) is 42.1 Å². The molecule has 5 aliphatic rings. The van der Waals surface area contributed by atoms with Gasteiger partial charge in [-0.3, -0.25) is 4.79 Å². The molecule has 0 amide bonds. The van der Waals surface area contributed by atoms with Crippen LogP contribution in [0, 0.1) is 17.3 Å². The van der Waals surface area contributed by atoms with Crippen molar-refractivity contribution in [1.82, 2.24) is 0 Å². The first kappa shape index (κ1) is 17.8. The average Bonchev–Trinajstić information content (AvgIpc) is 3.06. The summed E-state index contributed by atoms with van der Waals surface area (Å²) in [6.45, 7) is 14.1. The first-order valence-corrected chi connectivity index (χ1v) is 9.65. The Balaban J connectivity index is 1.75. The Labute approximate surface area is 154 Å². The van der Waals surface area contributed by atoms with Gasteiger partial charge in [0.05, 0.1) is 11.3 Å². The zero-order valence-electron chi connectivity index (χ0n) is 16.3. The van der Waals surface area contributed by atoms with Crippen molar-refractivity contribution in [3.05, 3.63) is 23.3 Å². The Morgan fingerprint density at radius 2 is 2.12 bits per heavy atom. The van der Waals surface area contributed by atoms with Crippen molar-refractivity contribution in [3.8, 4) is 0 Å². The second-order valence-electron chi connectivity index (χ2n) is 8.70. The van der Waals surface area contributed by atoms with E-state index in [1.165, 1.54) is 5.57 Å². The lowest BCUT2D eigenvalue weighted by Gasteiger charge is -2.50. The van der Waals surface area contributed by atoms with E-state index >= 15 is 0 Å². The highest BCUT2D eigenvalue weighted by Gasteiger charge is 2.79. The summed E-state index contributed by atoms with van der Waals surface area (Å²) in [5.74, 6) is -0.630. The van der Waals surface area contributed by atoms with Crippen molar-refractivity contribution in [2.45, 2.75) is 77.8 Å². The van der Waals surface area contributed by atoms with Gasteiger partial charge in [0.1, 0.15) is 17.8 Å². The Morgan fingerprint density at radius 1 is 1.42 bits per heavy atom. The van der Waals surface area contributed by atoms with Gasteiger partial charge in [-0.15, -0.1) is 0 Å². The third-order valence-corrected chi connectivity index (χ3v) is 7.49. The van der Waals surface area contributed by atoms with Crippen molar-refractivity contribution < 1.29 is 23.8 Å². The summed E-state index contributed by atoms with van der Waals surface area (Å²) in [6, 6.07) is 0. The number of fused-ring (bicyclic) bond motifs is 1. The Kier molecular flexibility index (Phi) is 3.72. The van der Waals surface area contributed by atoms with Crippen LogP contribution in [-0.2, 0) is 23.8 Å². The van der Waals surface area contributed by atoms with Crippen molar-refractivity contribution >= 4 is 11.9 Å². The van der Waals surface area contributed by atoms with E-state index in [9.17, 15) is 9.59 Å². The molecule has 5 heteroatoms. The second-order valence-corrected chi connectivity index (χ2v) is 8.70. The molecule has 0 N–H and O–H groups in total. The van der Waals surface area contributed by atoms with Crippen LogP contribution < -0.4 is 0 Å². The molecule has 3 aliphatic heterocycles. The highest BCUT2D eigenvalue weighted by molar-refractivity contribution is 5.91. The van der Waals surface area contributed by atoms with E-state index in [0.717, 1.165) is 24.8 Å². The summed E-state index contributed by atoms with van der Waals surface area (Å²) in [4.78, 5) is 24.6. The minimum atomic E-state index is -0.685. The number of hydrogen-bond acceptors (Lipinski definition) is 5. The summed E-state index contributed by atoms with van der Waals surface area (Å²) in [7, 11) is 0. The normalized spacial score (nSPS) is 44.7. The van der Waals surface area contributed by atoms with Gasteiger partial charge < -0.3 is 14.2 Å². The first-order chi connectivity index (χ1) is 12.2. The summed E-state index contributed by atoms with van der Waals surface area (Å²) < 4.78 is 18.0. The van der Waals surface area contributed by atoms with Crippen molar-refractivity contribution in [3.63, 3.8) is 0 Å². The molecular formula is C21H28O5. The van der Waals surface area contributed by atoms with E-state index in [1.54, 1.807) is 0 Å². The lowest BCUT2D eigenvalue weighted by molar-refractivity contribution is -0.276. The number of hydrogen-bond donors (Lipinski definition) is 0. The Bertz CT molecular complexity index is 737. The summed E-state index contributed by atoms with van der Waals surface area (Å²) in [6.07, 6.45) is 1.62. The van der Waals surface area contributed by atoms with Crippen LogP contribution in [0.15, 0.2) is 23.3 Å². The van der Waals surface area contributed by atoms with Gasteiger partial charge in [0, 0.05) is 11.5 Å². The van der Waals surface area contributed by atoms with Crippen molar-refractivity contribution in [2.24, 2.45) is 17.3 Å². The summed E-state index contributed by atoms with van der Waals surface area (Å²) in [5, 5.41) is 0. The fourth-order valence-electron chi connectivity index (χ4n) is 5.46. The number of carbonyl (C=O) groups is 2. The molecule has 2 bridgehead atoms. The average molecular weight is 360 g/mol. The van der Waals surface area contributed by atoms with Crippen LogP contribution in [0.25, 0.3) is 0 Å². The van der Waals surface area contributed by atoms with Gasteiger partial charge in [-0.05, 0) is 45.6 Å². The third-order valence-electron chi connectivity index (χ3n) is 7.49. The number of allylic oxidation sites excluding steroid dienone is 1. The maximum absolute atomic E-state index is 12.4. The van der Waals surface area contributed by atoms with E-state index in [4.69, 9.17) is 14.2 Å². The molecule has 3 saturated heterocycles. The van der Waals surface area contributed by atoms with Gasteiger partial charge in [-0.1, -0.05) is 26.0 Å². The van der Waals surface area contributed by atoms with Gasteiger partial charge in [0.25, 0.3) is 0 Å². The number of carbonyl (C=O) groups excluding carboxylic acids is 2. The molecule has 5 rings (SSSR count). The molecule has 0 aromatic heterocycles. The number of rotatable bonds is 3. The second kappa shape index (κ2) is 5.44. The zero-order valence-corrected chi connectivity index (χ0v) is 16.3. The monoisotopic (exact) mass is 360 g/mol. The fourth-order valence-corrected chi connectivity index (χ4v) is 5.46. The maximum atomic E-state index is 12.4. The molecule has 0 aromatic carbocycles. The van der Waals surface area contributed by atoms with Crippen molar-refractivity contribution in [2.75, 3.05) is 0 Å².